The number of esters is 1. The average Bonchev–Trinajstić information content (AvgIpc) is 3.95. The first-order valence-electron chi connectivity index (χ1n) is 23.7. The molecule has 0 unspecified atom stereocenters. The van der Waals surface area contributed by atoms with E-state index in [1.165, 1.54) is 84.5 Å². The molecule has 5 N–H and O–H groups in total. The van der Waals surface area contributed by atoms with Crippen LogP contribution < -0.4 is 9.47 Å². The molecule has 0 spiro atoms. The molecule has 0 aliphatic carbocycles. The van der Waals surface area contributed by atoms with Gasteiger partial charge in [-0.1, -0.05) is 76.3 Å². The number of aliphatic hydroxyl groups is 4. The fourth-order valence-corrected chi connectivity index (χ4v) is 7.65. The summed E-state index contributed by atoms with van der Waals surface area (Å²) < 4.78 is 99.2. The van der Waals surface area contributed by atoms with E-state index >= 15 is 0 Å². The SMILES string of the molecule is CCOC(=O)C[C@H](O)C[C@H](O)/C=C/c1c(C(C)C)nn(-c2ccnc(OC)n2)c1-c1cccc(C(F)(F)F)c1.COc1nccc(-n2nc(C(C)C)c(/C=C/[C@@H](O)C[C@@H](O)CC(=O)O)c2-c2cccc(C(F)(F)F)c2)n1. The summed E-state index contributed by atoms with van der Waals surface area (Å²) in [5.74, 6) is -1.62. The van der Waals surface area contributed by atoms with E-state index in [9.17, 15) is 56.4 Å². The number of halogens is 6. The lowest BCUT2D eigenvalue weighted by molar-refractivity contribution is -0.145. The van der Waals surface area contributed by atoms with Crippen molar-refractivity contribution in [3.63, 3.8) is 0 Å². The van der Waals surface area contributed by atoms with E-state index in [-0.39, 0.29) is 78.2 Å². The number of carboxylic acids is 1. The maximum atomic E-state index is 13.6. The Morgan fingerprint density at radius 3 is 1.41 bits per heavy atom. The highest BCUT2D eigenvalue weighted by atomic mass is 19.4. The standard InChI is InChI=1S/C27H31F3N4O5.C25H27F3N4O5/c1-5-39-23(37)15-20(36)14-19(35)9-10-21-24(16(2)3)33-34(22-11-12-31-26(32-22)38-4)25(21)17-7-6-8-18(13-17)27(28,29)30;1-14(2)22-19(8-7-17(33)12-18(34)13-21(35)36)23(15-5-4-6-16(11-15)25(26,27)28)32(31-22)20-9-10-29-24(30-20)37-3/h6-13,16,19-20,35-36H,5,14-15H2,1-4H3;4-11,14,17-18,33-34H,12-13H2,1-3H3,(H,35,36)/b10-9+;8-7+/t19-,20-;17-,18-/m11/s1. The van der Waals surface area contributed by atoms with Gasteiger partial charge in [-0.3, -0.25) is 9.59 Å². The van der Waals surface area contributed by atoms with Gasteiger partial charge >= 0.3 is 36.3 Å². The smallest absolute Gasteiger partial charge is 0.416 e. The summed E-state index contributed by atoms with van der Waals surface area (Å²) in [6.07, 6.45) is -6.48. The van der Waals surface area contributed by atoms with Crippen LogP contribution in [0.1, 0.15) is 106 Å². The van der Waals surface area contributed by atoms with Gasteiger partial charge in [0, 0.05) is 59.6 Å². The number of rotatable bonds is 21. The van der Waals surface area contributed by atoms with Crippen molar-refractivity contribution in [1.29, 1.82) is 0 Å². The Labute approximate surface area is 433 Å². The summed E-state index contributed by atoms with van der Waals surface area (Å²) in [7, 11) is 2.77. The van der Waals surface area contributed by atoms with Gasteiger partial charge < -0.3 is 39.7 Å². The normalized spacial score (nSPS) is 13.7. The third kappa shape index (κ3) is 16.0. The van der Waals surface area contributed by atoms with Gasteiger partial charge in [0.1, 0.15) is 0 Å². The maximum Gasteiger partial charge on any atom is 0.416 e. The van der Waals surface area contributed by atoms with Crippen molar-refractivity contribution in [3.8, 4) is 46.2 Å². The quantitative estimate of drug-likeness (QED) is 0.0334. The van der Waals surface area contributed by atoms with Crippen molar-refractivity contribution >= 4 is 24.1 Å². The van der Waals surface area contributed by atoms with E-state index in [1.54, 1.807) is 19.1 Å². The number of carbonyl (C=O) groups is 2. The molecule has 0 saturated carbocycles. The van der Waals surface area contributed by atoms with Crippen LogP contribution in [0.5, 0.6) is 12.0 Å². The molecule has 2 aromatic carbocycles. The second-order valence-electron chi connectivity index (χ2n) is 17.6. The van der Waals surface area contributed by atoms with E-state index in [4.69, 9.17) is 19.3 Å². The van der Waals surface area contributed by atoms with Crippen molar-refractivity contribution in [3.05, 3.63) is 119 Å². The van der Waals surface area contributed by atoms with Gasteiger partial charge in [-0.05, 0) is 43.0 Å². The van der Waals surface area contributed by atoms with Gasteiger partial charge in [-0.25, -0.2) is 19.3 Å². The first-order chi connectivity index (χ1) is 35.8. The molecule has 18 nitrogen and oxygen atoms in total. The number of carbonyl (C=O) groups excluding carboxylic acids is 1. The number of ether oxygens (including phenoxy) is 3. The molecule has 4 atom stereocenters. The second kappa shape index (κ2) is 26.3. The van der Waals surface area contributed by atoms with Crippen LogP contribution in [-0.4, -0.2) is 122 Å². The average molecular weight is 1070 g/mol. The minimum Gasteiger partial charge on any atom is -0.481 e. The number of carboxylic acid groups (broad SMARTS) is 1. The molecule has 408 valence electrons. The highest BCUT2D eigenvalue weighted by Gasteiger charge is 2.33. The molecular formula is C52H58F6N8O10. The van der Waals surface area contributed by atoms with Crippen LogP contribution in [0, 0.1) is 0 Å². The largest absolute Gasteiger partial charge is 0.481 e. The molecule has 0 bridgehead atoms. The maximum absolute atomic E-state index is 13.6. The number of nitrogens with zero attached hydrogens (tertiary/aromatic N) is 8. The van der Waals surface area contributed by atoms with Crippen LogP contribution in [-0.2, 0) is 26.7 Å². The van der Waals surface area contributed by atoms with Crippen LogP contribution >= 0.6 is 0 Å². The molecule has 6 rings (SSSR count). The molecule has 4 aromatic heterocycles. The summed E-state index contributed by atoms with van der Waals surface area (Å²) in [4.78, 5) is 39.0. The lowest BCUT2D eigenvalue weighted by Gasteiger charge is -2.13. The predicted molar refractivity (Wildman–Crippen MR) is 265 cm³/mol. The predicted octanol–water partition coefficient (Wildman–Crippen LogP) is 8.64. The van der Waals surface area contributed by atoms with Gasteiger partial charge in [0.05, 0.1) is 92.0 Å². The first kappa shape index (κ1) is 59.3. The Bertz CT molecular complexity index is 2970. The van der Waals surface area contributed by atoms with Crippen LogP contribution in [0.2, 0.25) is 0 Å². The number of benzene rings is 2. The van der Waals surface area contributed by atoms with Gasteiger partial charge in [0.25, 0.3) is 0 Å². The summed E-state index contributed by atoms with van der Waals surface area (Å²) in [5.41, 5.74) is 1.26. The lowest BCUT2D eigenvalue weighted by atomic mass is 9.97. The number of hydrogen-bond acceptors (Lipinski definition) is 15. The number of aliphatic carboxylic acids is 1. The Kier molecular flexibility index (Phi) is 20.5. The lowest BCUT2D eigenvalue weighted by Crippen LogP contribution is -2.20. The summed E-state index contributed by atoms with van der Waals surface area (Å²) in [5, 5.41) is 59.0. The van der Waals surface area contributed by atoms with Gasteiger partial charge in [0.2, 0.25) is 0 Å². The Balaban J connectivity index is 0.000000281. The molecular weight excluding hydrogens is 1010 g/mol. The van der Waals surface area contributed by atoms with Crippen molar-refractivity contribution in [1.82, 2.24) is 39.5 Å². The fraction of sp³-hybridized carbons (Fsp3) is 0.385. The highest BCUT2D eigenvalue weighted by molar-refractivity contribution is 5.78. The fourth-order valence-electron chi connectivity index (χ4n) is 7.65. The van der Waals surface area contributed by atoms with E-state index < -0.39 is 66.3 Å². The van der Waals surface area contributed by atoms with E-state index in [0.29, 0.717) is 28.2 Å². The van der Waals surface area contributed by atoms with Crippen LogP contribution in [0.15, 0.2) is 85.2 Å². The van der Waals surface area contributed by atoms with Crippen molar-refractivity contribution in [2.45, 2.75) is 109 Å². The van der Waals surface area contributed by atoms with Crippen molar-refractivity contribution < 1.29 is 75.7 Å². The zero-order valence-corrected chi connectivity index (χ0v) is 42.4. The number of aliphatic hydroxyl groups excluding tert-OH is 4. The van der Waals surface area contributed by atoms with E-state index in [2.05, 4.69) is 30.1 Å². The number of alkyl halides is 6. The van der Waals surface area contributed by atoms with Crippen LogP contribution in [0.3, 0.4) is 0 Å². The molecule has 0 aliphatic rings. The molecule has 0 amide bonds. The Morgan fingerprint density at radius 1 is 0.645 bits per heavy atom. The molecule has 0 aliphatic heterocycles. The summed E-state index contributed by atoms with van der Waals surface area (Å²) >= 11 is 0. The van der Waals surface area contributed by atoms with E-state index in [1.807, 2.05) is 27.7 Å². The number of methoxy groups -OCH3 is 2. The number of aromatic nitrogens is 8. The zero-order chi connectivity index (χ0) is 56.1. The summed E-state index contributed by atoms with van der Waals surface area (Å²) in [6, 6.07) is 12.8. The zero-order valence-electron chi connectivity index (χ0n) is 42.4. The molecule has 0 fully saturated rings. The third-order valence-corrected chi connectivity index (χ3v) is 11.1. The molecule has 0 saturated heterocycles. The first-order valence-corrected chi connectivity index (χ1v) is 23.7. The minimum absolute atomic E-state index is 0.0361. The monoisotopic (exact) mass is 1070 g/mol. The van der Waals surface area contributed by atoms with E-state index in [0.717, 1.165) is 24.3 Å². The van der Waals surface area contributed by atoms with Crippen molar-refractivity contribution in [2.75, 3.05) is 20.8 Å². The highest BCUT2D eigenvalue weighted by Crippen LogP contribution is 2.39. The number of hydrogen-bond donors (Lipinski definition) is 5. The topological polar surface area (TPSA) is 250 Å². The Hall–Kier alpha value is -7.54. The molecule has 76 heavy (non-hydrogen) atoms. The van der Waals surface area contributed by atoms with Gasteiger partial charge in [-0.15, -0.1) is 0 Å². The molecule has 4 heterocycles. The second-order valence-corrected chi connectivity index (χ2v) is 17.6. The molecule has 24 heteroatoms. The third-order valence-electron chi connectivity index (χ3n) is 11.1. The van der Waals surface area contributed by atoms with Crippen LogP contribution in [0.4, 0.5) is 26.3 Å². The Morgan fingerprint density at radius 2 is 1.05 bits per heavy atom. The van der Waals surface area contributed by atoms with Crippen molar-refractivity contribution in [2.24, 2.45) is 0 Å². The van der Waals surface area contributed by atoms with Gasteiger partial charge in [-0.2, -0.15) is 46.5 Å². The summed E-state index contributed by atoms with van der Waals surface area (Å²) in [6.45, 7) is 9.28. The molecule has 6 aromatic rings. The minimum atomic E-state index is -4.58. The van der Waals surface area contributed by atoms with Gasteiger partial charge in [0.15, 0.2) is 11.6 Å². The van der Waals surface area contributed by atoms with Crippen LogP contribution in [0.25, 0.3) is 46.3 Å². The molecule has 0 radical (unpaired) electrons.